The highest BCUT2D eigenvalue weighted by Crippen LogP contribution is 2.43. The molecule has 1 fully saturated rings. The number of aliphatic hydroxyl groups is 1. The Hall–Kier alpha value is -3.64. The number of ether oxygens (including phenoxy) is 2. The van der Waals surface area contributed by atoms with Crippen LogP contribution in [0.1, 0.15) is 41.7 Å². The Balaban J connectivity index is 1.72. The molecule has 0 aromatic heterocycles. The van der Waals surface area contributed by atoms with Gasteiger partial charge in [-0.25, -0.2) is 9.59 Å². The van der Waals surface area contributed by atoms with E-state index in [-0.39, 0.29) is 19.6 Å². The molecule has 33 heavy (non-hydrogen) atoms. The third-order valence-electron chi connectivity index (χ3n) is 5.76. The van der Waals surface area contributed by atoms with Gasteiger partial charge in [-0.15, -0.1) is 0 Å². The van der Waals surface area contributed by atoms with E-state index < -0.39 is 30.3 Å². The second kappa shape index (κ2) is 10.8. The largest absolute Gasteiger partial charge is 0.453 e. The smallest absolute Gasteiger partial charge is 0.411 e. The van der Waals surface area contributed by atoms with E-state index in [1.165, 1.54) is 4.90 Å². The van der Waals surface area contributed by atoms with Crippen LogP contribution in [0.2, 0.25) is 0 Å². The Morgan fingerprint density at radius 2 is 1.45 bits per heavy atom. The van der Waals surface area contributed by atoms with Crippen LogP contribution < -0.4 is 0 Å². The Kier molecular flexibility index (Phi) is 7.37. The number of hydrogen-bond donors (Lipinski definition) is 1. The fourth-order valence-electron chi connectivity index (χ4n) is 4.18. The Morgan fingerprint density at radius 3 is 2.06 bits per heavy atom. The van der Waals surface area contributed by atoms with E-state index in [4.69, 9.17) is 9.47 Å². The average Bonchev–Trinajstić information content (AvgIpc) is 2.87. The van der Waals surface area contributed by atoms with Gasteiger partial charge in [0.25, 0.3) is 0 Å². The lowest BCUT2D eigenvalue weighted by molar-refractivity contribution is -0.173. The lowest BCUT2D eigenvalue weighted by atomic mass is 9.93. The molecule has 1 saturated heterocycles. The summed E-state index contributed by atoms with van der Waals surface area (Å²) in [5.74, 6) is -0.499. The maximum Gasteiger partial charge on any atom is 0.411 e. The molecule has 0 aliphatic carbocycles. The van der Waals surface area contributed by atoms with Crippen LogP contribution in [0.15, 0.2) is 91.0 Å². The van der Waals surface area contributed by atoms with Gasteiger partial charge >= 0.3 is 12.1 Å². The number of benzene rings is 3. The number of esters is 1. The molecule has 1 aliphatic heterocycles. The summed E-state index contributed by atoms with van der Waals surface area (Å²) >= 11 is 0. The first kappa shape index (κ1) is 22.6. The molecule has 0 saturated carbocycles. The topological polar surface area (TPSA) is 76.1 Å². The van der Waals surface area contributed by atoms with Gasteiger partial charge in [0.2, 0.25) is 0 Å². The van der Waals surface area contributed by atoms with E-state index >= 15 is 0 Å². The highest BCUT2D eigenvalue weighted by Gasteiger charge is 2.48. The van der Waals surface area contributed by atoms with Gasteiger partial charge in [0.15, 0.2) is 6.10 Å². The molecule has 170 valence electrons. The highest BCUT2D eigenvalue weighted by atomic mass is 16.6. The second-order valence-electron chi connectivity index (χ2n) is 7.95. The van der Waals surface area contributed by atoms with Crippen LogP contribution in [0, 0.1) is 0 Å². The zero-order chi connectivity index (χ0) is 23.0. The Bertz CT molecular complexity index is 1040. The second-order valence-corrected chi connectivity index (χ2v) is 7.95. The molecule has 1 heterocycles. The summed E-state index contributed by atoms with van der Waals surface area (Å²) in [6.07, 6.45) is -0.635. The fourth-order valence-corrected chi connectivity index (χ4v) is 4.18. The molecule has 1 N–H and O–H groups in total. The minimum Gasteiger partial charge on any atom is -0.453 e. The number of carbonyl (C=O) groups is 2. The van der Waals surface area contributed by atoms with Crippen LogP contribution >= 0.6 is 0 Å². The number of aliphatic hydroxyl groups excluding tert-OH is 1. The molecule has 3 aromatic carbocycles. The molecule has 3 aromatic rings. The lowest BCUT2D eigenvalue weighted by Crippen LogP contribution is -2.54. The van der Waals surface area contributed by atoms with Crippen LogP contribution in [0.5, 0.6) is 0 Å². The van der Waals surface area contributed by atoms with Gasteiger partial charge < -0.3 is 14.6 Å². The van der Waals surface area contributed by atoms with Crippen LogP contribution in [0.4, 0.5) is 4.79 Å². The number of nitrogens with zero attached hydrogens (tertiary/aromatic N) is 1. The van der Waals surface area contributed by atoms with E-state index in [9.17, 15) is 14.7 Å². The number of carbonyl (C=O) groups excluding carboxylic acids is 2. The number of morpholine rings is 1. The summed E-state index contributed by atoms with van der Waals surface area (Å²) in [6.45, 7) is 0.00422. The summed E-state index contributed by atoms with van der Waals surface area (Å²) < 4.78 is 11.6. The quantitative estimate of drug-likeness (QED) is 0.417. The zero-order valence-electron chi connectivity index (χ0n) is 18.2. The first-order valence-electron chi connectivity index (χ1n) is 11.1. The van der Waals surface area contributed by atoms with Crippen LogP contribution in [0.25, 0.3) is 0 Å². The van der Waals surface area contributed by atoms with Crippen LogP contribution in [0.3, 0.4) is 0 Å². The van der Waals surface area contributed by atoms with E-state index in [0.29, 0.717) is 6.42 Å². The summed E-state index contributed by atoms with van der Waals surface area (Å²) in [4.78, 5) is 28.1. The number of amides is 1. The van der Waals surface area contributed by atoms with Crippen molar-refractivity contribution in [3.05, 3.63) is 108 Å². The third-order valence-corrected chi connectivity index (χ3v) is 5.76. The molecule has 6 nitrogen and oxygen atoms in total. The van der Waals surface area contributed by atoms with Crippen molar-refractivity contribution in [3.63, 3.8) is 0 Å². The maximum absolute atomic E-state index is 13.5. The molecule has 1 unspecified atom stereocenters. The van der Waals surface area contributed by atoms with Crippen molar-refractivity contribution < 1.29 is 24.2 Å². The van der Waals surface area contributed by atoms with E-state index in [1.54, 1.807) is 0 Å². The van der Waals surface area contributed by atoms with Crippen LogP contribution in [-0.2, 0) is 20.9 Å². The van der Waals surface area contributed by atoms with Gasteiger partial charge in [-0.3, -0.25) is 4.90 Å². The number of rotatable bonds is 7. The first-order valence-corrected chi connectivity index (χ1v) is 11.1. The highest BCUT2D eigenvalue weighted by molar-refractivity contribution is 5.83. The van der Waals surface area contributed by atoms with Crippen molar-refractivity contribution in [2.45, 2.75) is 37.6 Å². The van der Waals surface area contributed by atoms with Gasteiger partial charge in [-0.1, -0.05) is 91.0 Å². The molecule has 6 heteroatoms. The van der Waals surface area contributed by atoms with Crippen molar-refractivity contribution in [3.8, 4) is 0 Å². The summed E-state index contributed by atoms with van der Waals surface area (Å²) in [5.41, 5.74) is 2.49. The minimum absolute atomic E-state index is 0.0885. The van der Waals surface area contributed by atoms with Crippen molar-refractivity contribution in [1.82, 2.24) is 4.90 Å². The maximum atomic E-state index is 13.5. The average molecular weight is 447 g/mol. The summed E-state index contributed by atoms with van der Waals surface area (Å²) in [5, 5.41) is 9.39. The van der Waals surface area contributed by atoms with E-state index in [1.807, 2.05) is 91.0 Å². The molecule has 4 rings (SSSR count). The minimum atomic E-state index is -0.856. The summed E-state index contributed by atoms with van der Waals surface area (Å²) in [6, 6.07) is 26.9. The first-order chi connectivity index (χ1) is 16.2. The van der Waals surface area contributed by atoms with Gasteiger partial charge in [-0.2, -0.15) is 0 Å². The molecular formula is C27H27NO5. The predicted molar refractivity (Wildman–Crippen MR) is 123 cm³/mol. The predicted octanol–water partition coefficient (Wildman–Crippen LogP) is 4.81. The molecule has 3 atom stereocenters. The molecule has 1 aliphatic rings. The van der Waals surface area contributed by atoms with Crippen molar-refractivity contribution >= 4 is 12.1 Å². The zero-order valence-corrected chi connectivity index (χ0v) is 18.2. The van der Waals surface area contributed by atoms with Crippen molar-refractivity contribution in [2.24, 2.45) is 0 Å². The molecule has 0 bridgehead atoms. The van der Waals surface area contributed by atoms with Gasteiger partial charge in [0, 0.05) is 6.61 Å². The Labute approximate surface area is 193 Å². The molecule has 0 spiro atoms. The van der Waals surface area contributed by atoms with Crippen LogP contribution in [-0.4, -0.2) is 34.7 Å². The Morgan fingerprint density at radius 1 is 0.879 bits per heavy atom. The van der Waals surface area contributed by atoms with E-state index in [0.717, 1.165) is 16.7 Å². The van der Waals surface area contributed by atoms with Gasteiger partial charge in [-0.05, 0) is 29.5 Å². The van der Waals surface area contributed by atoms with Gasteiger partial charge in [0.05, 0.1) is 0 Å². The van der Waals surface area contributed by atoms with Crippen molar-refractivity contribution in [2.75, 3.05) is 6.61 Å². The standard InChI is InChI=1S/C27H27NO5/c29-18-10-17-23-26(30)33-25(22-15-8-3-9-16-22)24(21-13-6-2-7-14-21)28(23)27(31)32-19-20-11-4-1-5-12-20/h1-9,11-16,23-25,29H,10,17-19H2/t23?,24-,25+/m0/s1/i23+1. The molecule has 1 amide bonds. The number of cyclic esters (lactones) is 1. The fraction of sp³-hybridized carbons (Fsp3) is 0.259. The SMILES string of the molecule is O=C1O[C@H](c2ccccc2)[C@H](c2ccccc2)N(C(=O)OCc2ccccc2)[13CH]1CCCO. The monoisotopic (exact) mass is 446 g/mol. The molecule has 0 radical (unpaired) electrons. The third kappa shape index (κ3) is 5.23. The number of hydrogen-bond acceptors (Lipinski definition) is 5. The van der Waals surface area contributed by atoms with E-state index in [2.05, 4.69) is 0 Å². The normalized spacial score (nSPS) is 20.2. The lowest BCUT2D eigenvalue weighted by Gasteiger charge is -2.44. The summed E-state index contributed by atoms with van der Waals surface area (Å²) in [7, 11) is 0. The van der Waals surface area contributed by atoms with Gasteiger partial charge in [0.1, 0.15) is 18.7 Å². The molecular weight excluding hydrogens is 419 g/mol. The van der Waals surface area contributed by atoms with Crippen molar-refractivity contribution in [1.29, 1.82) is 0 Å².